The summed E-state index contributed by atoms with van der Waals surface area (Å²) >= 11 is 0. The second-order valence-corrected chi connectivity index (χ2v) is 11.1. The summed E-state index contributed by atoms with van der Waals surface area (Å²) in [4.78, 5) is 35.0. The van der Waals surface area contributed by atoms with E-state index in [1.54, 1.807) is 18.2 Å². The Morgan fingerprint density at radius 3 is 2.52 bits per heavy atom. The number of fused-ring (bicyclic) bond motifs is 1. The van der Waals surface area contributed by atoms with Crippen molar-refractivity contribution in [2.75, 3.05) is 38.4 Å². The van der Waals surface area contributed by atoms with Crippen LogP contribution in [-0.4, -0.2) is 69.8 Å². The highest BCUT2D eigenvalue weighted by Crippen LogP contribution is 2.34. The van der Waals surface area contributed by atoms with Gasteiger partial charge in [-0.3, -0.25) is 14.3 Å². The second kappa shape index (κ2) is 13.5. The number of nitrogens with one attached hydrogen (secondary N) is 3. The maximum absolute atomic E-state index is 15.2. The number of amides is 2. The molecular weight excluding hydrogens is 574 g/mol. The number of likely N-dealkylation sites (N-methyl/N-ethyl adjacent to an activating group) is 1. The van der Waals surface area contributed by atoms with Crippen molar-refractivity contribution in [1.82, 2.24) is 30.0 Å². The van der Waals surface area contributed by atoms with Crippen molar-refractivity contribution in [2.45, 2.75) is 32.9 Å². The van der Waals surface area contributed by atoms with Crippen LogP contribution in [0.25, 0.3) is 10.9 Å². The van der Waals surface area contributed by atoms with Crippen molar-refractivity contribution >= 4 is 39.9 Å². The van der Waals surface area contributed by atoms with Crippen LogP contribution in [0.4, 0.5) is 26.0 Å². The Balaban J connectivity index is 1.52. The van der Waals surface area contributed by atoms with Gasteiger partial charge in [0.1, 0.15) is 36.0 Å². The van der Waals surface area contributed by atoms with Crippen LogP contribution in [0, 0.1) is 11.6 Å². The van der Waals surface area contributed by atoms with E-state index in [2.05, 4.69) is 31.0 Å². The number of benzene rings is 2. The SMILES string of the molecule is COc1cc2ncnc(Nc3ccc(Oc4nn(CC(=O)NC(C)(C)C)cc4F)cc3F)c2cc1NC(=O)/C=C/CN(C)C. The molecule has 44 heavy (non-hydrogen) atoms. The Morgan fingerprint density at radius 2 is 1.84 bits per heavy atom. The van der Waals surface area contributed by atoms with Gasteiger partial charge >= 0.3 is 0 Å². The van der Waals surface area contributed by atoms with Gasteiger partial charge in [0, 0.05) is 35.7 Å². The monoisotopic (exact) mass is 608 g/mol. The molecule has 14 heteroatoms. The van der Waals surface area contributed by atoms with Crippen molar-refractivity contribution in [2.24, 2.45) is 0 Å². The van der Waals surface area contributed by atoms with Gasteiger partial charge in [-0.1, -0.05) is 6.08 Å². The molecule has 0 bridgehead atoms. The van der Waals surface area contributed by atoms with Gasteiger partial charge < -0.3 is 30.3 Å². The van der Waals surface area contributed by atoms with Gasteiger partial charge in [-0.2, -0.15) is 4.39 Å². The first kappa shape index (κ1) is 31.8. The molecule has 0 saturated carbocycles. The van der Waals surface area contributed by atoms with Gasteiger partial charge in [-0.05, 0) is 53.1 Å². The third kappa shape index (κ3) is 8.47. The summed E-state index contributed by atoms with van der Waals surface area (Å²) in [5.74, 6) is -2.00. The number of ether oxygens (including phenoxy) is 2. The lowest BCUT2D eigenvalue weighted by Gasteiger charge is -2.20. The molecule has 2 aromatic carbocycles. The fourth-order valence-corrected chi connectivity index (χ4v) is 4.03. The zero-order chi connectivity index (χ0) is 32.0. The summed E-state index contributed by atoms with van der Waals surface area (Å²) in [6.07, 6.45) is 5.48. The summed E-state index contributed by atoms with van der Waals surface area (Å²) in [5, 5.41) is 12.9. The molecule has 12 nitrogen and oxygen atoms in total. The fraction of sp³-hybridized carbons (Fsp3) is 0.300. The lowest BCUT2D eigenvalue weighted by Crippen LogP contribution is -2.42. The molecular formula is C30H34F2N8O4. The van der Waals surface area contributed by atoms with Crippen molar-refractivity contribution < 1.29 is 27.8 Å². The zero-order valence-corrected chi connectivity index (χ0v) is 25.2. The highest BCUT2D eigenvalue weighted by Gasteiger charge is 2.18. The summed E-state index contributed by atoms with van der Waals surface area (Å²) in [6.45, 7) is 5.85. The highest BCUT2D eigenvalue weighted by molar-refractivity contribution is 6.03. The summed E-state index contributed by atoms with van der Waals surface area (Å²) in [7, 11) is 5.25. The molecule has 2 amide bonds. The summed E-state index contributed by atoms with van der Waals surface area (Å²) in [5.41, 5.74) is 0.458. The lowest BCUT2D eigenvalue weighted by atomic mass is 10.1. The highest BCUT2D eigenvalue weighted by atomic mass is 19.1. The Bertz CT molecular complexity index is 1700. The van der Waals surface area contributed by atoms with E-state index in [0.717, 1.165) is 16.9 Å². The topological polar surface area (TPSA) is 136 Å². The number of rotatable bonds is 11. The van der Waals surface area contributed by atoms with Crippen molar-refractivity contribution in [3.05, 3.63) is 66.6 Å². The smallest absolute Gasteiger partial charge is 0.274 e. The number of carbonyl (C=O) groups is 2. The minimum Gasteiger partial charge on any atom is -0.494 e. The number of aromatic nitrogens is 4. The van der Waals surface area contributed by atoms with E-state index in [-0.39, 0.29) is 35.6 Å². The van der Waals surface area contributed by atoms with Crippen LogP contribution in [0.5, 0.6) is 17.4 Å². The quantitative estimate of drug-likeness (QED) is 0.209. The standard InChI is InChI=1S/C30H34F2N8O4/c1-30(2,3)37-27(42)16-40-15-21(32)29(38-40)44-18-9-10-22(20(31)12-18)36-28-19-13-24(35-26(41)8-7-11-39(4)5)25(43-6)14-23(19)33-17-34-28/h7-10,12-15,17H,11,16H2,1-6H3,(H,35,41)(H,37,42)(H,33,34,36)/b8-7+. The molecule has 4 rings (SSSR count). The first-order chi connectivity index (χ1) is 20.8. The van der Waals surface area contributed by atoms with E-state index >= 15 is 4.39 Å². The van der Waals surface area contributed by atoms with E-state index in [1.807, 2.05) is 39.8 Å². The second-order valence-electron chi connectivity index (χ2n) is 11.1. The van der Waals surface area contributed by atoms with Crippen molar-refractivity contribution in [3.8, 4) is 17.4 Å². The molecule has 2 aromatic heterocycles. The molecule has 232 valence electrons. The number of halogens is 2. The van der Waals surface area contributed by atoms with Gasteiger partial charge in [0.2, 0.25) is 17.6 Å². The largest absolute Gasteiger partial charge is 0.494 e. The molecule has 0 unspecified atom stereocenters. The van der Waals surface area contributed by atoms with Crippen LogP contribution in [0.1, 0.15) is 20.8 Å². The Kier molecular flexibility index (Phi) is 9.73. The molecule has 0 aliphatic carbocycles. The number of nitrogens with zero attached hydrogens (tertiary/aromatic N) is 5. The van der Waals surface area contributed by atoms with Crippen LogP contribution >= 0.6 is 0 Å². The van der Waals surface area contributed by atoms with Crippen LogP contribution < -0.4 is 25.4 Å². The van der Waals surface area contributed by atoms with E-state index in [4.69, 9.17) is 9.47 Å². The minimum atomic E-state index is -0.810. The molecule has 3 N–H and O–H groups in total. The van der Waals surface area contributed by atoms with Gasteiger partial charge in [0.25, 0.3) is 5.88 Å². The molecule has 4 aromatic rings. The molecule has 0 aliphatic rings. The van der Waals surface area contributed by atoms with Crippen molar-refractivity contribution in [1.29, 1.82) is 0 Å². The Labute approximate surface area is 253 Å². The third-order valence-electron chi connectivity index (χ3n) is 5.87. The van der Waals surface area contributed by atoms with Gasteiger partial charge in [0.05, 0.1) is 30.2 Å². The summed E-state index contributed by atoms with van der Waals surface area (Å²) < 4.78 is 41.6. The third-order valence-corrected chi connectivity index (χ3v) is 5.87. The number of carbonyl (C=O) groups excluding carboxylic acids is 2. The zero-order valence-electron chi connectivity index (χ0n) is 25.2. The molecule has 0 saturated heterocycles. The molecule has 2 heterocycles. The van der Waals surface area contributed by atoms with Crippen LogP contribution in [-0.2, 0) is 16.1 Å². The number of methoxy groups -OCH3 is 1. The van der Waals surface area contributed by atoms with Gasteiger partial charge in [0.15, 0.2) is 0 Å². The maximum Gasteiger partial charge on any atom is 0.274 e. The Morgan fingerprint density at radius 1 is 1.07 bits per heavy atom. The first-order valence-corrected chi connectivity index (χ1v) is 13.5. The van der Waals surface area contributed by atoms with E-state index in [9.17, 15) is 14.0 Å². The molecule has 0 radical (unpaired) electrons. The first-order valence-electron chi connectivity index (χ1n) is 13.5. The minimum absolute atomic E-state index is 0.0130. The number of hydrogen-bond donors (Lipinski definition) is 3. The van der Waals surface area contributed by atoms with Crippen LogP contribution in [0.3, 0.4) is 0 Å². The average Bonchev–Trinajstić information content (AvgIpc) is 3.26. The fourth-order valence-electron chi connectivity index (χ4n) is 4.03. The van der Waals surface area contributed by atoms with E-state index in [0.29, 0.717) is 28.9 Å². The average molecular weight is 609 g/mol. The van der Waals surface area contributed by atoms with Gasteiger partial charge in [-0.25, -0.2) is 14.4 Å². The van der Waals surface area contributed by atoms with E-state index < -0.39 is 23.1 Å². The number of hydrogen-bond acceptors (Lipinski definition) is 9. The normalized spacial score (nSPS) is 11.7. The number of anilines is 3. The molecule has 0 atom stereocenters. The van der Waals surface area contributed by atoms with Crippen LogP contribution in [0.2, 0.25) is 0 Å². The van der Waals surface area contributed by atoms with Crippen LogP contribution in [0.15, 0.2) is 55.0 Å². The van der Waals surface area contributed by atoms with Gasteiger partial charge in [-0.15, -0.1) is 5.10 Å². The molecule has 0 spiro atoms. The Hall–Kier alpha value is -5.11. The van der Waals surface area contributed by atoms with E-state index in [1.165, 1.54) is 31.6 Å². The lowest BCUT2D eigenvalue weighted by molar-refractivity contribution is -0.123. The predicted octanol–water partition coefficient (Wildman–Crippen LogP) is 4.62. The van der Waals surface area contributed by atoms with Crippen molar-refractivity contribution in [3.63, 3.8) is 0 Å². The maximum atomic E-state index is 15.2. The predicted molar refractivity (Wildman–Crippen MR) is 162 cm³/mol. The molecule has 0 fully saturated rings. The summed E-state index contributed by atoms with van der Waals surface area (Å²) in [6, 6.07) is 7.14. The molecule has 0 aliphatic heterocycles.